The van der Waals surface area contributed by atoms with Gasteiger partial charge in [-0.1, -0.05) is 50.6 Å². The number of rotatable bonds is 16. The summed E-state index contributed by atoms with van der Waals surface area (Å²) >= 11 is 0. The van der Waals surface area contributed by atoms with Crippen molar-refractivity contribution in [3.05, 3.63) is 35.9 Å². The van der Waals surface area contributed by atoms with Crippen molar-refractivity contribution in [2.45, 2.75) is 82.0 Å². The van der Waals surface area contributed by atoms with Crippen LogP contribution in [0.25, 0.3) is 0 Å². The molecule has 208 valence electrons. The summed E-state index contributed by atoms with van der Waals surface area (Å²) in [5, 5.41) is 57.1. The van der Waals surface area contributed by atoms with Gasteiger partial charge in [0.1, 0.15) is 18.2 Å². The fraction of sp³-hybridized carbons (Fsp3) is 0.583. The summed E-state index contributed by atoms with van der Waals surface area (Å²) in [7, 11) is 0. The average Bonchev–Trinajstić information content (AvgIpc) is 2.88. The van der Waals surface area contributed by atoms with Crippen LogP contribution in [0.2, 0.25) is 0 Å². The Kier molecular flexibility index (Phi) is 13.7. The summed E-state index contributed by atoms with van der Waals surface area (Å²) in [5.74, 6) is -3.73. The number of carboxylic acids is 1. The van der Waals surface area contributed by atoms with Gasteiger partial charge in [-0.2, -0.15) is 0 Å². The molecule has 0 heterocycles. The van der Waals surface area contributed by atoms with Gasteiger partial charge in [-0.25, -0.2) is 0 Å². The van der Waals surface area contributed by atoms with Gasteiger partial charge < -0.3 is 47.2 Å². The summed E-state index contributed by atoms with van der Waals surface area (Å²) in [6.07, 6.45) is -5.68. The molecule has 0 saturated carbocycles. The molecule has 0 aliphatic carbocycles. The molecule has 37 heavy (non-hydrogen) atoms. The normalized spacial score (nSPS) is 16.8. The van der Waals surface area contributed by atoms with E-state index in [0.29, 0.717) is 18.4 Å². The lowest BCUT2D eigenvalue weighted by atomic mass is 9.98. The Morgan fingerprint density at radius 2 is 1.51 bits per heavy atom. The first-order valence-electron chi connectivity index (χ1n) is 12.0. The van der Waals surface area contributed by atoms with Crippen molar-refractivity contribution in [1.29, 1.82) is 0 Å². The number of benzene rings is 1. The molecule has 0 spiro atoms. The van der Waals surface area contributed by atoms with E-state index in [4.69, 9.17) is 10.8 Å². The van der Waals surface area contributed by atoms with Crippen LogP contribution in [0.4, 0.5) is 0 Å². The number of nitrogens with two attached hydrogens (primary N) is 1. The van der Waals surface area contributed by atoms with Gasteiger partial charge in [0.2, 0.25) is 11.8 Å². The Morgan fingerprint density at radius 1 is 0.892 bits per heavy atom. The summed E-state index contributed by atoms with van der Waals surface area (Å²) in [6.45, 7) is 2.59. The van der Waals surface area contributed by atoms with Crippen LogP contribution in [0.5, 0.6) is 0 Å². The molecule has 7 atom stereocenters. The largest absolute Gasteiger partial charge is 0.481 e. The van der Waals surface area contributed by atoms with Crippen molar-refractivity contribution in [3.63, 3.8) is 0 Å². The van der Waals surface area contributed by atoms with E-state index in [-0.39, 0.29) is 6.42 Å². The lowest BCUT2D eigenvalue weighted by molar-refractivity contribution is -0.145. The van der Waals surface area contributed by atoms with Gasteiger partial charge >= 0.3 is 5.97 Å². The number of aliphatic hydroxyl groups excluding tert-OH is 4. The van der Waals surface area contributed by atoms with E-state index < -0.39 is 79.2 Å². The molecule has 10 N–H and O–H groups in total. The number of hydrogen-bond acceptors (Lipinski definition) is 9. The molecule has 0 aliphatic rings. The average molecular weight is 527 g/mol. The van der Waals surface area contributed by atoms with Crippen LogP contribution in [0, 0.1) is 0 Å². The number of carbonyl (C=O) groups is 4. The Hall–Kier alpha value is -3.10. The molecule has 0 bridgehead atoms. The summed E-state index contributed by atoms with van der Waals surface area (Å²) in [6, 6.07) is 3.67. The number of amides is 3. The SMILES string of the molecule is CCC[C@H](N)C(=O)N[C@@H](CC)C(=O)N[C@@H](CO)[C@@H](O)[C@@H](O)[C@H](O)C(=O)NC(CC(=O)O)c1ccccc1. The smallest absolute Gasteiger partial charge is 0.305 e. The van der Waals surface area contributed by atoms with Crippen LogP contribution in [-0.2, 0) is 19.2 Å². The van der Waals surface area contributed by atoms with E-state index in [1.165, 1.54) is 0 Å². The van der Waals surface area contributed by atoms with Crippen LogP contribution in [0.1, 0.15) is 51.1 Å². The molecule has 13 heteroatoms. The molecule has 0 aromatic heterocycles. The minimum Gasteiger partial charge on any atom is -0.481 e. The molecule has 1 aromatic carbocycles. The van der Waals surface area contributed by atoms with E-state index >= 15 is 0 Å². The number of aliphatic carboxylic acids is 1. The van der Waals surface area contributed by atoms with Crippen molar-refractivity contribution >= 4 is 23.7 Å². The number of hydrogen-bond donors (Lipinski definition) is 9. The zero-order valence-electron chi connectivity index (χ0n) is 20.9. The maximum absolute atomic E-state index is 12.6. The third-order valence-electron chi connectivity index (χ3n) is 5.75. The fourth-order valence-corrected chi connectivity index (χ4v) is 3.55. The minimum atomic E-state index is -2.23. The van der Waals surface area contributed by atoms with Gasteiger partial charge in [-0.05, 0) is 18.4 Å². The summed E-state index contributed by atoms with van der Waals surface area (Å²) in [4.78, 5) is 48.5. The van der Waals surface area contributed by atoms with Crippen LogP contribution in [0.3, 0.4) is 0 Å². The minimum absolute atomic E-state index is 0.155. The highest BCUT2D eigenvalue weighted by molar-refractivity contribution is 5.89. The lowest BCUT2D eigenvalue weighted by Gasteiger charge is -2.30. The van der Waals surface area contributed by atoms with Crippen LogP contribution in [0.15, 0.2) is 30.3 Å². The molecule has 0 saturated heterocycles. The Morgan fingerprint density at radius 3 is 2.03 bits per heavy atom. The van der Waals surface area contributed by atoms with Crippen molar-refractivity contribution in [1.82, 2.24) is 16.0 Å². The predicted octanol–water partition coefficient (Wildman–Crippen LogP) is -2.10. The second-order valence-electron chi connectivity index (χ2n) is 8.66. The molecule has 1 aromatic rings. The molecule has 3 amide bonds. The van der Waals surface area contributed by atoms with E-state index in [0.717, 1.165) is 0 Å². The first-order chi connectivity index (χ1) is 17.5. The zero-order valence-corrected chi connectivity index (χ0v) is 20.9. The van der Waals surface area contributed by atoms with Crippen molar-refractivity contribution in [3.8, 4) is 0 Å². The van der Waals surface area contributed by atoms with E-state index in [1.807, 2.05) is 6.92 Å². The molecule has 0 aliphatic heterocycles. The third kappa shape index (κ3) is 10.1. The number of aliphatic hydroxyl groups is 4. The van der Waals surface area contributed by atoms with Gasteiger partial charge in [-0.3, -0.25) is 19.2 Å². The second-order valence-corrected chi connectivity index (χ2v) is 8.66. The first kappa shape index (κ1) is 31.9. The van der Waals surface area contributed by atoms with Crippen molar-refractivity contribution in [2.75, 3.05) is 6.61 Å². The van der Waals surface area contributed by atoms with Crippen molar-refractivity contribution in [2.24, 2.45) is 5.73 Å². The lowest BCUT2D eigenvalue weighted by Crippen LogP contribution is -2.59. The first-order valence-corrected chi connectivity index (χ1v) is 12.0. The Labute approximate surface area is 215 Å². The molecule has 0 fully saturated rings. The molecule has 1 rings (SSSR count). The van der Waals surface area contributed by atoms with Gasteiger partial charge in [0, 0.05) is 0 Å². The predicted molar refractivity (Wildman–Crippen MR) is 132 cm³/mol. The summed E-state index contributed by atoms with van der Waals surface area (Å²) < 4.78 is 0. The highest BCUT2D eigenvalue weighted by Crippen LogP contribution is 2.17. The quantitative estimate of drug-likeness (QED) is 0.114. The molecule has 0 radical (unpaired) electrons. The van der Waals surface area contributed by atoms with Gasteiger partial charge in [0.05, 0.1) is 31.2 Å². The molecule has 1 unspecified atom stereocenters. The van der Waals surface area contributed by atoms with E-state index in [2.05, 4.69) is 16.0 Å². The van der Waals surface area contributed by atoms with Gasteiger partial charge in [0.15, 0.2) is 6.10 Å². The van der Waals surface area contributed by atoms with E-state index in [9.17, 15) is 39.6 Å². The number of carboxylic acid groups (broad SMARTS) is 1. The highest BCUT2D eigenvalue weighted by Gasteiger charge is 2.37. The molecular weight excluding hydrogens is 488 g/mol. The second kappa shape index (κ2) is 15.9. The maximum atomic E-state index is 12.6. The Balaban J connectivity index is 2.86. The fourth-order valence-electron chi connectivity index (χ4n) is 3.55. The highest BCUT2D eigenvalue weighted by atomic mass is 16.4. The molecule has 13 nitrogen and oxygen atoms in total. The summed E-state index contributed by atoms with van der Waals surface area (Å²) in [5.41, 5.74) is 6.19. The van der Waals surface area contributed by atoms with Crippen LogP contribution in [-0.4, -0.2) is 92.3 Å². The van der Waals surface area contributed by atoms with Crippen LogP contribution < -0.4 is 21.7 Å². The van der Waals surface area contributed by atoms with Gasteiger partial charge in [0.25, 0.3) is 5.91 Å². The number of carbonyl (C=O) groups excluding carboxylic acids is 3. The van der Waals surface area contributed by atoms with Crippen molar-refractivity contribution < 1.29 is 44.7 Å². The number of nitrogens with one attached hydrogen (secondary N) is 3. The van der Waals surface area contributed by atoms with Gasteiger partial charge in [-0.15, -0.1) is 0 Å². The van der Waals surface area contributed by atoms with E-state index in [1.54, 1.807) is 37.3 Å². The maximum Gasteiger partial charge on any atom is 0.305 e. The molecular formula is C24H38N4O9. The topological polar surface area (TPSA) is 232 Å². The standard InChI is InChI=1S/C24H38N4O9/c1-3-8-14(25)22(35)26-15(4-2)23(36)28-17(12-29)19(32)20(33)21(34)24(37)27-16(11-18(30)31)13-9-6-5-7-10-13/h5-7,9-10,14-17,19-21,29,32-34H,3-4,8,11-12,25H2,1-2H3,(H,26,35)(H,27,37)(H,28,36)(H,30,31)/t14-,15-,16?,17-,19+,20+,21-/m0/s1. The Bertz CT molecular complexity index is 886. The zero-order chi connectivity index (χ0) is 28.1. The monoisotopic (exact) mass is 526 g/mol. The van der Waals surface area contributed by atoms with Crippen LogP contribution >= 0.6 is 0 Å². The third-order valence-corrected chi connectivity index (χ3v) is 5.75.